The van der Waals surface area contributed by atoms with E-state index in [2.05, 4.69) is 20.2 Å². The van der Waals surface area contributed by atoms with Gasteiger partial charge in [-0.1, -0.05) is 0 Å². The van der Waals surface area contributed by atoms with Gasteiger partial charge in [0.1, 0.15) is 0 Å². The molecule has 4 atom stereocenters. The fraction of sp³-hybridized carbons (Fsp3) is 0.643. The summed E-state index contributed by atoms with van der Waals surface area (Å²) in [5.74, 6) is 0.240. The van der Waals surface area contributed by atoms with E-state index in [1.165, 1.54) is 12.5 Å². The first-order chi connectivity index (χ1) is 10.1. The first-order valence-corrected chi connectivity index (χ1v) is 7.17. The molecule has 2 heterocycles. The van der Waals surface area contributed by atoms with Gasteiger partial charge >= 0.3 is 0 Å². The Morgan fingerprint density at radius 3 is 3.10 bits per heavy atom. The van der Waals surface area contributed by atoms with Crippen LogP contribution in [0.5, 0.6) is 0 Å². The number of H-pyrrole nitrogens is 1. The molecule has 2 fully saturated rings. The van der Waals surface area contributed by atoms with E-state index in [1.807, 2.05) is 14.1 Å². The second kappa shape index (κ2) is 5.57. The van der Waals surface area contributed by atoms with Gasteiger partial charge in [-0.2, -0.15) is 0 Å². The molecule has 1 amide bonds. The highest BCUT2D eigenvalue weighted by Crippen LogP contribution is 2.41. The van der Waals surface area contributed by atoms with E-state index in [0.717, 1.165) is 13.0 Å². The third-order valence-corrected chi connectivity index (χ3v) is 4.42. The zero-order valence-corrected chi connectivity index (χ0v) is 12.2. The third-order valence-electron chi connectivity index (χ3n) is 4.42. The lowest BCUT2D eigenvalue weighted by molar-refractivity contribution is -0.127. The number of nitrogens with one attached hydrogen (secondary N) is 2. The third kappa shape index (κ3) is 2.58. The molecule has 0 spiro atoms. The smallest absolute Gasteiger partial charge is 0.254 e. The van der Waals surface area contributed by atoms with E-state index >= 15 is 0 Å². The fourth-order valence-corrected chi connectivity index (χ4v) is 3.39. The Labute approximate surface area is 122 Å². The summed E-state index contributed by atoms with van der Waals surface area (Å²) in [6.45, 7) is 0.758. The minimum atomic E-state index is -0.264. The van der Waals surface area contributed by atoms with Crippen LogP contribution in [0.25, 0.3) is 0 Å². The molecule has 0 radical (unpaired) electrons. The van der Waals surface area contributed by atoms with Gasteiger partial charge in [-0.05, 0) is 20.5 Å². The molecule has 21 heavy (non-hydrogen) atoms. The largest absolute Gasteiger partial charge is 0.376 e. The van der Waals surface area contributed by atoms with Crippen molar-refractivity contribution in [2.24, 2.45) is 5.92 Å². The van der Waals surface area contributed by atoms with Crippen LogP contribution in [-0.2, 0) is 16.0 Å². The van der Waals surface area contributed by atoms with E-state index < -0.39 is 0 Å². The van der Waals surface area contributed by atoms with Crippen molar-refractivity contribution in [3.63, 3.8) is 0 Å². The molecular formula is C14H20N4O3. The van der Waals surface area contributed by atoms with Gasteiger partial charge in [0, 0.05) is 24.3 Å². The van der Waals surface area contributed by atoms with Crippen LogP contribution < -0.4 is 10.9 Å². The molecule has 7 nitrogen and oxygen atoms in total. The summed E-state index contributed by atoms with van der Waals surface area (Å²) in [5, 5.41) is 3.05. The minimum absolute atomic E-state index is 0.0536. The Kier molecular flexibility index (Phi) is 3.77. The van der Waals surface area contributed by atoms with E-state index in [1.54, 1.807) is 0 Å². The van der Waals surface area contributed by atoms with Crippen LogP contribution in [0.4, 0.5) is 0 Å². The highest BCUT2D eigenvalue weighted by atomic mass is 16.5. The van der Waals surface area contributed by atoms with Gasteiger partial charge in [0.2, 0.25) is 5.91 Å². The van der Waals surface area contributed by atoms with Gasteiger partial charge in [0.15, 0.2) is 0 Å². The monoisotopic (exact) mass is 292 g/mol. The van der Waals surface area contributed by atoms with Gasteiger partial charge in [-0.15, -0.1) is 0 Å². The number of ether oxygens (including phenoxy) is 1. The summed E-state index contributed by atoms with van der Waals surface area (Å²) in [6, 6.07) is 0.296. The van der Waals surface area contributed by atoms with Crippen molar-refractivity contribution in [3.05, 3.63) is 28.4 Å². The molecule has 114 valence electrons. The summed E-state index contributed by atoms with van der Waals surface area (Å²) < 4.78 is 5.72. The average Bonchev–Trinajstić information content (AvgIpc) is 2.82. The number of rotatable bonds is 4. The molecule has 2 N–H and O–H groups in total. The Bertz CT molecular complexity index is 586. The molecule has 1 saturated heterocycles. The number of hydrogen-bond donors (Lipinski definition) is 2. The number of hydrogen-bond acceptors (Lipinski definition) is 5. The molecule has 0 unspecified atom stereocenters. The number of carbonyl (C=O) groups excluding carboxylic acids is 1. The number of nitrogens with zero attached hydrogens (tertiary/aromatic N) is 2. The average molecular weight is 292 g/mol. The first kappa shape index (κ1) is 14.2. The van der Waals surface area contributed by atoms with Gasteiger partial charge in [0.25, 0.3) is 5.56 Å². The summed E-state index contributed by atoms with van der Waals surface area (Å²) >= 11 is 0. The van der Waals surface area contributed by atoms with Crippen molar-refractivity contribution in [2.75, 3.05) is 20.7 Å². The molecule has 1 saturated carbocycles. The van der Waals surface area contributed by atoms with Crippen molar-refractivity contribution >= 4 is 5.91 Å². The normalized spacial score (nSPS) is 30.8. The minimum Gasteiger partial charge on any atom is -0.376 e. The van der Waals surface area contributed by atoms with E-state index in [-0.39, 0.29) is 36.1 Å². The molecule has 0 bridgehead atoms. The van der Waals surface area contributed by atoms with E-state index in [4.69, 9.17) is 4.74 Å². The van der Waals surface area contributed by atoms with Crippen molar-refractivity contribution < 1.29 is 9.53 Å². The molecule has 7 heteroatoms. The molecule has 1 aromatic heterocycles. The standard InChI is InChI=1S/C14H20N4O3/c1-18(2)12-11(9-3-4-21-13(9)12)17-10(19)5-8-6-15-7-16-14(8)20/h6-7,9,11-13H,3-5H2,1-2H3,(H,17,19)(H,15,16,20)/t9-,11+,12-,13-/m1/s1. The SMILES string of the molecule is CN(C)[C@@H]1[C@@H](NC(=O)Cc2cnc[nH]c2=O)[C@H]2CCO[C@H]21. The molecule has 2 aliphatic rings. The van der Waals surface area contributed by atoms with E-state index in [0.29, 0.717) is 11.5 Å². The van der Waals surface area contributed by atoms with E-state index in [9.17, 15) is 9.59 Å². The van der Waals surface area contributed by atoms with Gasteiger partial charge in [-0.25, -0.2) is 4.98 Å². The lowest BCUT2D eigenvalue weighted by Crippen LogP contribution is -2.69. The van der Waals surface area contributed by atoms with Gasteiger partial charge in [-0.3, -0.25) is 9.59 Å². The van der Waals surface area contributed by atoms with Gasteiger partial charge in [0.05, 0.1) is 30.9 Å². The van der Waals surface area contributed by atoms with Crippen molar-refractivity contribution in [1.29, 1.82) is 0 Å². The van der Waals surface area contributed by atoms with Crippen molar-refractivity contribution in [1.82, 2.24) is 20.2 Å². The maximum atomic E-state index is 12.2. The lowest BCUT2D eigenvalue weighted by Gasteiger charge is -2.50. The summed E-state index contributed by atoms with van der Waals surface area (Å²) in [7, 11) is 3.99. The second-order valence-corrected chi connectivity index (χ2v) is 5.92. The quantitative estimate of drug-likeness (QED) is 0.754. The fourth-order valence-electron chi connectivity index (χ4n) is 3.39. The zero-order valence-electron chi connectivity index (χ0n) is 12.2. The van der Waals surface area contributed by atoms with Crippen molar-refractivity contribution in [2.45, 2.75) is 31.0 Å². The molecule has 1 aliphatic heterocycles. The lowest BCUT2D eigenvalue weighted by atomic mass is 9.71. The second-order valence-electron chi connectivity index (χ2n) is 5.92. The molecule has 0 aromatic carbocycles. The van der Waals surface area contributed by atoms with Gasteiger partial charge < -0.3 is 19.9 Å². The molecular weight excluding hydrogens is 272 g/mol. The van der Waals surface area contributed by atoms with Crippen LogP contribution in [0.15, 0.2) is 17.3 Å². The van der Waals surface area contributed by atoms with Crippen LogP contribution in [0.2, 0.25) is 0 Å². The maximum Gasteiger partial charge on any atom is 0.254 e. The topological polar surface area (TPSA) is 87.3 Å². The number of carbonyl (C=O) groups is 1. The molecule has 1 aromatic rings. The Morgan fingerprint density at radius 1 is 1.57 bits per heavy atom. The summed E-state index contributed by atoms with van der Waals surface area (Å²) in [4.78, 5) is 32.2. The number of amides is 1. The molecule has 3 rings (SSSR count). The predicted molar refractivity (Wildman–Crippen MR) is 75.8 cm³/mol. The number of aromatic nitrogens is 2. The van der Waals surface area contributed by atoms with Crippen LogP contribution in [0.3, 0.4) is 0 Å². The van der Waals surface area contributed by atoms with Crippen LogP contribution >= 0.6 is 0 Å². The first-order valence-electron chi connectivity index (χ1n) is 7.17. The Balaban J connectivity index is 1.64. The number of fused-ring (bicyclic) bond motifs is 1. The summed E-state index contributed by atoms with van der Waals surface area (Å²) in [5.41, 5.74) is 0.120. The predicted octanol–water partition coefficient (Wildman–Crippen LogP) is -0.854. The molecule has 1 aliphatic carbocycles. The van der Waals surface area contributed by atoms with Crippen LogP contribution in [0, 0.1) is 5.92 Å². The van der Waals surface area contributed by atoms with Crippen LogP contribution in [-0.4, -0.2) is 59.7 Å². The maximum absolute atomic E-state index is 12.2. The highest BCUT2D eigenvalue weighted by molar-refractivity contribution is 5.79. The van der Waals surface area contributed by atoms with Crippen LogP contribution in [0.1, 0.15) is 12.0 Å². The Hall–Kier alpha value is -1.73. The van der Waals surface area contributed by atoms with Crippen molar-refractivity contribution in [3.8, 4) is 0 Å². The number of aromatic amines is 1. The number of likely N-dealkylation sites (N-methyl/N-ethyl adjacent to an activating group) is 1. The highest BCUT2D eigenvalue weighted by Gasteiger charge is 2.55. The summed E-state index contributed by atoms with van der Waals surface area (Å²) in [6.07, 6.45) is 4.00. The Morgan fingerprint density at radius 2 is 2.38 bits per heavy atom. The zero-order chi connectivity index (χ0) is 15.0.